The molecule has 7 nitrogen and oxygen atoms in total. The van der Waals surface area contributed by atoms with Crippen molar-refractivity contribution in [3.05, 3.63) is 69.4 Å². The molecule has 0 aliphatic heterocycles. The summed E-state index contributed by atoms with van der Waals surface area (Å²) in [6.07, 6.45) is 0. The van der Waals surface area contributed by atoms with Gasteiger partial charge in [-0.25, -0.2) is 0 Å². The van der Waals surface area contributed by atoms with Crippen molar-refractivity contribution in [3.63, 3.8) is 0 Å². The van der Waals surface area contributed by atoms with Crippen LogP contribution in [0, 0.1) is 10.1 Å². The molecular weight excluding hydrogens is 346 g/mol. The number of nitrogens with one attached hydrogen (secondary N) is 2. The minimum atomic E-state index is -0.454. The molecular formula is C17H14ClN3O4. The lowest BCUT2D eigenvalue weighted by Crippen LogP contribution is -2.28. The van der Waals surface area contributed by atoms with Gasteiger partial charge in [-0.1, -0.05) is 11.6 Å². The number of halogens is 1. The first kappa shape index (κ1) is 16.8. The highest BCUT2D eigenvalue weighted by Crippen LogP contribution is 2.23. The zero-order valence-corrected chi connectivity index (χ0v) is 13.7. The summed E-state index contributed by atoms with van der Waals surface area (Å²) in [4.78, 5) is 22.2. The molecule has 3 aromatic rings. The number of furan rings is 1. The van der Waals surface area contributed by atoms with E-state index in [4.69, 9.17) is 16.0 Å². The van der Waals surface area contributed by atoms with Crippen molar-refractivity contribution in [1.82, 2.24) is 5.32 Å². The topological polar surface area (TPSA) is 97.4 Å². The van der Waals surface area contributed by atoms with Crippen LogP contribution < -0.4 is 10.6 Å². The minimum Gasteiger partial charge on any atom is -0.451 e. The van der Waals surface area contributed by atoms with Crippen molar-refractivity contribution >= 4 is 39.9 Å². The molecule has 3 rings (SSSR count). The van der Waals surface area contributed by atoms with Crippen LogP contribution in [-0.4, -0.2) is 23.9 Å². The number of nitro benzene ring substituents is 1. The van der Waals surface area contributed by atoms with E-state index in [1.165, 1.54) is 12.1 Å². The third-order valence-corrected chi connectivity index (χ3v) is 3.76. The summed E-state index contributed by atoms with van der Waals surface area (Å²) < 4.78 is 5.48. The Balaban J connectivity index is 1.51. The second kappa shape index (κ2) is 7.23. The molecule has 0 atom stereocenters. The van der Waals surface area contributed by atoms with Crippen LogP contribution in [0.15, 0.2) is 52.9 Å². The molecule has 0 fully saturated rings. The Labute approximate surface area is 147 Å². The van der Waals surface area contributed by atoms with E-state index in [1.807, 2.05) is 0 Å². The third kappa shape index (κ3) is 4.07. The molecule has 128 valence electrons. The largest absolute Gasteiger partial charge is 0.451 e. The number of nitrogens with zero attached hydrogens (tertiary/aromatic N) is 1. The lowest BCUT2D eigenvalue weighted by atomic mass is 10.2. The molecule has 1 aromatic heterocycles. The number of fused-ring (bicyclic) bond motifs is 1. The van der Waals surface area contributed by atoms with Crippen molar-refractivity contribution in [2.45, 2.75) is 0 Å². The number of nitro groups is 1. The Morgan fingerprint density at radius 3 is 2.60 bits per heavy atom. The van der Waals surface area contributed by atoms with E-state index < -0.39 is 4.92 Å². The van der Waals surface area contributed by atoms with E-state index in [0.29, 0.717) is 23.7 Å². The molecule has 0 bridgehead atoms. The fourth-order valence-corrected chi connectivity index (χ4v) is 2.48. The second-order valence-electron chi connectivity index (χ2n) is 5.28. The monoisotopic (exact) mass is 359 g/mol. The van der Waals surface area contributed by atoms with Crippen LogP contribution in [0.4, 0.5) is 11.4 Å². The Hall–Kier alpha value is -3.06. The first-order chi connectivity index (χ1) is 12.0. The van der Waals surface area contributed by atoms with Crippen LogP contribution in [0.25, 0.3) is 11.0 Å². The number of carbonyl (C=O) groups excluding carboxylic acids is 1. The van der Waals surface area contributed by atoms with E-state index in [1.54, 1.807) is 36.4 Å². The van der Waals surface area contributed by atoms with Gasteiger partial charge in [0, 0.05) is 41.3 Å². The highest BCUT2D eigenvalue weighted by Gasteiger charge is 2.12. The summed E-state index contributed by atoms with van der Waals surface area (Å²) in [7, 11) is 0. The van der Waals surface area contributed by atoms with Gasteiger partial charge in [0.25, 0.3) is 11.6 Å². The van der Waals surface area contributed by atoms with Crippen molar-refractivity contribution in [1.29, 1.82) is 0 Å². The first-order valence-electron chi connectivity index (χ1n) is 7.48. The fourth-order valence-electron chi connectivity index (χ4n) is 2.30. The molecule has 1 amide bonds. The van der Waals surface area contributed by atoms with Crippen LogP contribution in [0.1, 0.15) is 10.6 Å². The molecule has 2 aromatic carbocycles. The average Bonchev–Trinajstić information content (AvgIpc) is 3.02. The molecule has 0 unspecified atom stereocenters. The molecule has 8 heteroatoms. The summed E-state index contributed by atoms with van der Waals surface area (Å²) in [5.74, 6) is -0.106. The number of amides is 1. The van der Waals surface area contributed by atoms with Crippen molar-refractivity contribution in [3.8, 4) is 0 Å². The number of benzene rings is 2. The van der Waals surface area contributed by atoms with Gasteiger partial charge in [0.15, 0.2) is 5.76 Å². The van der Waals surface area contributed by atoms with Gasteiger partial charge in [-0.2, -0.15) is 0 Å². The second-order valence-corrected chi connectivity index (χ2v) is 5.72. The smallest absolute Gasteiger partial charge is 0.287 e. The van der Waals surface area contributed by atoms with Gasteiger partial charge in [-0.3, -0.25) is 14.9 Å². The van der Waals surface area contributed by atoms with E-state index in [0.717, 1.165) is 11.1 Å². The molecule has 25 heavy (non-hydrogen) atoms. The standard InChI is InChI=1S/C17H14ClN3O4/c18-12-1-6-15-11(9-12)10-16(25-15)17(22)20-8-7-19-13-2-4-14(5-3-13)21(23)24/h1-6,9-10,19H,7-8H2,(H,20,22). The van der Waals surface area contributed by atoms with Crippen LogP contribution in [-0.2, 0) is 0 Å². The third-order valence-electron chi connectivity index (χ3n) is 3.52. The summed E-state index contributed by atoms with van der Waals surface area (Å²) in [5.41, 5.74) is 1.36. The van der Waals surface area contributed by atoms with Crippen LogP contribution in [0.5, 0.6) is 0 Å². The zero-order valence-electron chi connectivity index (χ0n) is 13.0. The van der Waals surface area contributed by atoms with E-state index in [9.17, 15) is 14.9 Å². The molecule has 0 saturated carbocycles. The Bertz CT molecular complexity index is 921. The highest BCUT2D eigenvalue weighted by molar-refractivity contribution is 6.31. The summed E-state index contributed by atoms with van der Waals surface area (Å²) in [6, 6.07) is 12.8. The quantitative estimate of drug-likeness (QED) is 0.396. The molecule has 0 spiro atoms. The zero-order chi connectivity index (χ0) is 17.8. The normalized spacial score (nSPS) is 10.6. The number of non-ortho nitro benzene ring substituents is 1. The van der Waals surface area contributed by atoms with E-state index >= 15 is 0 Å². The summed E-state index contributed by atoms with van der Waals surface area (Å²) >= 11 is 5.91. The van der Waals surface area contributed by atoms with E-state index in [-0.39, 0.29) is 17.4 Å². The number of hydrogen-bond acceptors (Lipinski definition) is 5. The maximum absolute atomic E-state index is 12.1. The number of hydrogen-bond donors (Lipinski definition) is 2. The summed E-state index contributed by atoms with van der Waals surface area (Å²) in [6.45, 7) is 0.837. The summed E-state index contributed by atoms with van der Waals surface area (Å²) in [5, 5.41) is 17.7. The van der Waals surface area contributed by atoms with E-state index in [2.05, 4.69) is 10.6 Å². The van der Waals surface area contributed by atoms with Gasteiger partial charge >= 0.3 is 0 Å². The minimum absolute atomic E-state index is 0.0313. The number of anilines is 1. The fraction of sp³-hybridized carbons (Fsp3) is 0.118. The maximum Gasteiger partial charge on any atom is 0.287 e. The van der Waals surface area contributed by atoms with Crippen LogP contribution >= 0.6 is 11.6 Å². The first-order valence-corrected chi connectivity index (χ1v) is 7.86. The molecule has 0 aliphatic carbocycles. The van der Waals surface area contributed by atoms with Crippen molar-refractivity contribution < 1.29 is 14.1 Å². The molecule has 2 N–H and O–H groups in total. The molecule has 0 radical (unpaired) electrons. The lowest BCUT2D eigenvalue weighted by Gasteiger charge is -2.06. The van der Waals surface area contributed by atoms with Gasteiger partial charge in [-0.05, 0) is 36.4 Å². The van der Waals surface area contributed by atoms with Gasteiger partial charge in [-0.15, -0.1) is 0 Å². The van der Waals surface area contributed by atoms with Gasteiger partial charge in [0.1, 0.15) is 5.58 Å². The SMILES string of the molecule is O=C(NCCNc1ccc([N+](=O)[O-])cc1)c1cc2cc(Cl)ccc2o1. The Morgan fingerprint density at radius 1 is 1.12 bits per heavy atom. The van der Waals surface area contributed by atoms with Crippen molar-refractivity contribution in [2.24, 2.45) is 0 Å². The maximum atomic E-state index is 12.1. The highest BCUT2D eigenvalue weighted by atomic mass is 35.5. The number of rotatable bonds is 6. The molecule has 0 aliphatic rings. The number of carbonyl (C=O) groups is 1. The predicted molar refractivity (Wildman–Crippen MR) is 95.1 cm³/mol. The van der Waals surface area contributed by atoms with Crippen LogP contribution in [0.2, 0.25) is 5.02 Å². The van der Waals surface area contributed by atoms with Gasteiger partial charge in [0.05, 0.1) is 4.92 Å². The lowest BCUT2D eigenvalue weighted by molar-refractivity contribution is -0.384. The Morgan fingerprint density at radius 2 is 1.88 bits per heavy atom. The molecule has 0 saturated heterocycles. The Kier molecular flexibility index (Phi) is 4.85. The molecule has 1 heterocycles. The van der Waals surface area contributed by atoms with Gasteiger partial charge < -0.3 is 15.1 Å². The average molecular weight is 360 g/mol. The predicted octanol–water partition coefficient (Wildman–Crippen LogP) is 3.84. The van der Waals surface area contributed by atoms with Crippen LogP contribution in [0.3, 0.4) is 0 Å². The van der Waals surface area contributed by atoms with Gasteiger partial charge in [0.2, 0.25) is 0 Å². The van der Waals surface area contributed by atoms with Crippen molar-refractivity contribution in [2.75, 3.05) is 18.4 Å².